The number of alkyl halides is 2. The SMILES string of the molecule is NCC1(CC(F)F)CCCN1C(=O)OCc1ccccc1. The van der Waals surface area contributed by atoms with Crippen molar-refractivity contribution >= 4 is 6.09 Å². The van der Waals surface area contributed by atoms with Gasteiger partial charge >= 0.3 is 6.09 Å². The van der Waals surface area contributed by atoms with Gasteiger partial charge in [0, 0.05) is 19.5 Å². The van der Waals surface area contributed by atoms with E-state index in [0.29, 0.717) is 19.4 Å². The molecule has 1 amide bonds. The highest BCUT2D eigenvalue weighted by molar-refractivity contribution is 5.69. The molecule has 2 N–H and O–H groups in total. The van der Waals surface area contributed by atoms with Crippen molar-refractivity contribution in [3.8, 4) is 0 Å². The number of halogens is 2. The number of benzene rings is 1. The molecule has 1 unspecified atom stereocenters. The summed E-state index contributed by atoms with van der Waals surface area (Å²) in [6.45, 7) is 0.570. The van der Waals surface area contributed by atoms with Gasteiger partial charge in [-0.05, 0) is 18.4 Å². The van der Waals surface area contributed by atoms with E-state index in [-0.39, 0.29) is 13.2 Å². The summed E-state index contributed by atoms with van der Waals surface area (Å²) in [4.78, 5) is 13.6. The van der Waals surface area contributed by atoms with Crippen LogP contribution in [-0.2, 0) is 11.3 Å². The molecule has 116 valence electrons. The molecular weight excluding hydrogens is 278 g/mol. The number of nitrogens with two attached hydrogens (primary N) is 1. The highest BCUT2D eigenvalue weighted by atomic mass is 19.3. The first kappa shape index (κ1) is 15.7. The number of amides is 1. The van der Waals surface area contributed by atoms with E-state index in [0.717, 1.165) is 5.56 Å². The van der Waals surface area contributed by atoms with Crippen LogP contribution in [0.5, 0.6) is 0 Å². The number of carbonyl (C=O) groups is 1. The second-order valence-electron chi connectivity index (χ2n) is 5.32. The molecular formula is C15H20F2N2O2. The van der Waals surface area contributed by atoms with E-state index in [2.05, 4.69) is 0 Å². The van der Waals surface area contributed by atoms with E-state index in [1.165, 1.54) is 4.90 Å². The summed E-state index contributed by atoms with van der Waals surface area (Å²) in [5.74, 6) is 0. The van der Waals surface area contributed by atoms with Gasteiger partial charge in [0.25, 0.3) is 0 Å². The van der Waals surface area contributed by atoms with Crippen LogP contribution in [0.25, 0.3) is 0 Å². The van der Waals surface area contributed by atoms with Crippen LogP contribution in [0, 0.1) is 0 Å². The van der Waals surface area contributed by atoms with Crippen LogP contribution in [0.3, 0.4) is 0 Å². The predicted molar refractivity (Wildman–Crippen MR) is 75.0 cm³/mol. The van der Waals surface area contributed by atoms with Crippen LogP contribution in [0.2, 0.25) is 0 Å². The highest BCUT2D eigenvalue weighted by Crippen LogP contribution is 2.34. The molecule has 0 aromatic heterocycles. The predicted octanol–water partition coefficient (Wildman–Crippen LogP) is 2.77. The lowest BCUT2D eigenvalue weighted by Crippen LogP contribution is -2.53. The molecule has 1 aliphatic rings. The van der Waals surface area contributed by atoms with Crippen molar-refractivity contribution in [2.45, 2.75) is 37.8 Å². The number of carbonyl (C=O) groups excluding carboxylic acids is 1. The summed E-state index contributed by atoms with van der Waals surface area (Å²) in [6, 6.07) is 9.24. The summed E-state index contributed by atoms with van der Waals surface area (Å²) < 4.78 is 30.8. The first-order valence-electron chi connectivity index (χ1n) is 7.04. The average Bonchev–Trinajstić information content (AvgIpc) is 2.89. The van der Waals surface area contributed by atoms with Crippen molar-refractivity contribution in [2.75, 3.05) is 13.1 Å². The molecule has 1 aliphatic heterocycles. The van der Waals surface area contributed by atoms with Crippen molar-refractivity contribution in [1.82, 2.24) is 4.90 Å². The summed E-state index contributed by atoms with van der Waals surface area (Å²) >= 11 is 0. The van der Waals surface area contributed by atoms with Crippen LogP contribution in [-0.4, -0.2) is 36.0 Å². The highest BCUT2D eigenvalue weighted by Gasteiger charge is 2.45. The largest absolute Gasteiger partial charge is 0.445 e. The summed E-state index contributed by atoms with van der Waals surface area (Å²) in [5, 5.41) is 0. The fourth-order valence-electron chi connectivity index (χ4n) is 2.82. The Hall–Kier alpha value is -1.69. The van der Waals surface area contributed by atoms with Gasteiger partial charge in [-0.1, -0.05) is 30.3 Å². The number of nitrogens with zero attached hydrogens (tertiary/aromatic N) is 1. The molecule has 0 radical (unpaired) electrons. The molecule has 0 saturated carbocycles. The van der Waals surface area contributed by atoms with Gasteiger partial charge in [0.2, 0.25) is 6.43 Å². The minimum atomic E-state index is -2.49. The molecule has 2 rings (SSSR count). The summed E-state index contributed by atoms with van der Waals surface area (Å²) in [6.07, 6.45) is -2.29. The maximum atomic E-state index is 12.8. The molecule has 1 aromatic rings. The van der Waals surface area contributed by atoms with Crippen LogP contribution in [0.15, 0.2) is 30.3 Å². The zero-order valence-corrected chi connectivity index (χ0v) is 11.8. The van der Waals surface area contributed by atoms with E-state index < -0.39 is 24.5 Å². The number of hydrogen-bond donors (Lipinski definition) is 1. The quantitative estimate of drug-likeness (QED) is 0.909. The van der Waals surface area contributed by atoms with Crippen molar-refractivity contribution < 1.29 is 18.3 Å². The second-order valence-corrected chi connectivity index (χ2v) is 5.32. The molecule has 1 heterocycles. The lowest BCUT2D eigenvalue weighted by molar-refractivity contribution is 0.0298. The maximum absolute atomic E-state index is 12.8. The molecule has 1 atom stereocenters. The minimum Gasteiger partial charge on any atom is -0.445 e. The van der Waals surface area contributed by atoms with Crippen LogP contribution in [0.1, 0.15) is 24.8 Å². The molecule has 21 heavy (non-hydrogen) atoms. The molecule has 1 fully saturated rings. The van der Waals surface area contributed by atoms with Gasteiger partial charge < -0.3 is 15.4 Å². The zero-order chi connectivity index (χ0) is 15.3. The van der Waals surface area contributed by atoms with Gasteiger partial charge in [-0.2, -0.15) is 0 Å². The van der Waals surface area contributed by atoms with E-state index in [4.69, 9.17) is 10.5 Å². The summed E-state index contributed by atoms with van der Waals surface area (Å²) in [7, 11) is 0. The average molecular weight is 298 g/mol. The number of ether oxygens (including phenoxy) is 1. The van der Waals surface area contributed by atoms with E-state index >= 15 is 0 Å². The number of hydrogen-bond acceptors (Lipinski definition) is 3. The fourth-order valence-corrected chi connectivity index (χ4v) is 2.82. The van der Waals surface area contributed by atoms with Crippen LogP contribution in [0.4, 0.5) is 13.6 Å². The van der Waals surface area contributed by atoms with Gasteiger partial charge in [0.15, 0.2) is 0 Å². The number of likely N-dealkylation sites (tertiary alicyclic amines) is 1. The Morgan fingerprint density at radius 2 is 2.10 bits per heavy atom. The monoisotopic (exact) mass is 298 g/mol. The normalized spacial score (nSPS) is 21.8. The van der Waals surface area contributed by atoms with Gasteiger partial charge in [0.05, 0.1) is 5.54 Å². The Labute approximate surface area is 122 Å². The first-order chi connectivity index (χ1) is 10.1. The van der Waals surface area contributed by atoms with E-state index in [1.54, 1.807) is 0 Å². The van der Waals surface area contributed by atoms with Gasteiger partial charge in [-0.3, -0.25) is 0 Å². The molecule has 6 heteroatoms. The van der Waals surface area contributed by atoms with Crippen molar-refractivity contribution in [2.24, 2.45) is 5.73 Å². The third kappa shape index (κ3) is 3.69. The molecule has 0 spiro atoms. The molecule has 1 saturated heterocycles. The number of rotatable bonds is 5. The van der Waals surface area contributed by atoms with E-state index in [9.17, 15) is 13.6 Å². The van der Waals surface area contributed by atoms with Gasteiger partial charge in [-0.15, -0.1) is 0 Å². The lowest BCUT2D eigenvalue weighted by atomic mass is 9.92. The van der Waals surface area contributed by atoms with Crippen LogP contribution < -0.4 is 5.73 Å². The third-order valence-corrected chi connectivity index (χ3v) is 3.94. The van der Waals surface area contributed by atoms with Crippen molar-refractivity contribution in [3.05, 3.63) is 35.9 Å². The fraction of sp³-hybridized carbons (Fsp3) is 0.533. The molecule has 0 bridgehead atoms. The van der Waals surface area contributed by atoms with Crippen LogP contribution >= 0.6 is 0 Å². The maximum Gasteiger partial charge on any atom is 0.410 e. The third-order valence-electron chi connectivity index (χ3n) is 3.94. The Kier molecular flexibility index (Phi) is 5.12. The first-order valence-corrected chi connectivity index (χ1v) is 7.04. The minimum absolute atomic E-state index is 0.0256. The molecule has 0 aliphatic carbocycles. The molecule has 4 nitrogen and oxygen atoms in total. The Bertz CT molecular complexity index is 470. The summed E-state index contributed by atoms with van der Waals surface area (Å²) in [5.41, 5.74) is 5.56. The lowest BCUT2D eigenvalue weighted by Gasteiger charge is -2.36. The smallest absolute Gasteiger partial charge is 0.410 e. The Balaban J connectivity index is 2.00. The Morgan fingerprint density at radius 1 is 1.38 bits per heavy atom. The van der Waals surface area contributed by atoms with Crippen molar-refractivity contribution in [1.29, 1.82) is 0 Å². The second kappa shape index (κ2) is 6.85. The zero-order valence-electron chi connectivity index (χ0n) is 11.8. The van der Waals surface area contributed by atoms with E-state index in [1.807, 2.05) is 30.3 Å². The van der Waals surface area contributed by atoms with Gasteiger partial charge in [-0.25, -0.2) is 13.6 Å². The molecule has 1 aromatic carbocycles. The van der Waals surface area contributed by atoms with Crippen molar-refractivity contribution in [3.63, 3.8) is 0 Å². The topological polar surface area (TPSA) is 55.6 Å². The van der Waals surface area contributed by atoms with Gasteiger partial charge in [0.1, 0.15) is 6.61 Å². The Morgan fingerprint density at radius 3 is 2.71 bits per heavy atom. The standard InChI is InChI=1S/C15H20F2N2O2/c16-13(17)9-15(11-18)7-4-8-19(15)14(20)21-10-12-5-2-1-3-6-12/h1-3,5-6,13H,4,7-11,18H2.